The van der Waals surface area contributed by atoms with Crippen molar-refractivity contribution in [2.45, 2.75) is 16.5 Å². The van der Waals surface area contributed by atoms with E-state index in [1.807, 2.05) is 0 Å². The second-order valence-electron chi connectivity index (χ2n) is 5.99. The van der Waals surface area contributed by atoms with E-state index in [1.54, 1.807) is 0 Å². The van der Waals surface area contributed by atoms with E-state index in [-0.39, 0.29) is 0 Å². The van der Waals surface area contributed by atoms with Gasteiger partial charge in [-0.05, 0) is 0 Å². The van der Waals surface area contributed by atoms with Gasteiger partial charge in [0.1, 0.15) is 0 Å². The van der Waals surface area contributed by atoms with E-state index in [4.69, 9.17) is 0 Å². The Labute approximate surface area is 90.0 Å². The molecule has 2 aliphatic rings. The van der Waals surface area contributed by atoms with Gasteiger partial charge in [0, 0.05) is 0 Å². The fourth-order valence-corrected chi connectivity index (χ4v) is 16.0. The van der Waals surface area contributed by atoms with Crippen molar-refractivity contribution in [3.8, 4) is 0 Å². The van der Waals surface area contributed by atoms with Crippen LogP contribution in [0.15, 0.2) is 48.6 Å². The van der Waals surface area contributed by atoms with E-state index < -0.39 is 17.9 Å². The summed E-state index contributed by atoms with van der Waals surface area (Å²) in [4.78, 5) is 0. The van der Waals surface area contributed by atoms with E-state index in [0.717, 1.165) is 7.25 Å². The molecule has 0 saturated carbocycles. The van der Waals surface area contributed by atoms with Crippen LogP contribution in [0.4, 0.5) is 0 Å². The standard InChI is InChI=1S/2C5H5.2CH3.H3Si.Zr/c2*1-2-4-5-3-1;;;;/h2*1-5H;3*1H3;. The topological polar surface area (TPSA) is 0 Å². The normalized spacial score (nSPS) is 24.9. The molecule has 2 heteroatoms. The molecule has 0 radical (unpaired) electrons. The molecule has 0 aliphatic heterocycles. The Balaban J connectivity index is 2.35. The third-order valence-electron chi connectivity index (χ3n) is 3.88. The van der Waals surface area contributed by atoms with Crippen molar-refractivity contribution in [2.24, 2.45) is 0 Å². The maximum atomic E-state index is 2.63. The first-order valence-corrected chi connectivity index (χ1v) is 21.5. The van der Waals surface area contributed by atoms with E-state index >= 15 is 0 Å². The first kappa shape index (κ1) is 10.6. The zero-order valence-electron chi connectivity index (χ0n) is 9.27. The van der Waals surface area contributed by atoms with Crippen LogP contribution in [0.5, 0.6) is 0 Å². The Morgan fingerprint density at radius 2 is 1.07 bits per heavy atom. The van der Waals surface area contributed by atoms with Crippen LogP contribution in [0.3, 0.4) is 0 Å². The van der Waals surface area contributed by atoms with Crippen molar-refractivity contribution in [3.63, 3.8) is 0 Å². The fourth-order valence-electron chi connectivity index (χ4n) is 2.46. The molecule has 0 N–H and O–H groups in total. The summed E-state index contributed by atoms with van der Waals surface area (Å²) in [7, 11) is 1.40. The minimum absolute atomic E-state index is 0.806. The quantitative estimate of drug-likeness (QED) is 0.683. The van der Waals surface area contributed by atoms with Gasteiger partial charge >= 0.3 is 90.4 Å². The van der Waals surface area contributed by atoms with Crippen LogP contribution < -0.4 is 0 Å². The summed E-state index contributed by atoms with van der Waals surface area (Å²) in [6, 6.07) is 0. The van der Waals surface area contributed by atoms with Crippen molar-refractivity contribution in [1.29, 1.82) is 0 Å². The minimum atomic E-state index is -2.45. The van der Waals surface area contributed by atoms with Crippen LogP contribution in [0.1, 0.15) is 0 Å². The summed E-state index contributed by atoms with van der Waals surface area (Å²) in [6.45, 7) is 0. The molecule has 0 unspecified atom stereocenters. The van der Waals surface area contributed by atoms with Crippen LogP contribution in [0, 0.1) is 0 Å². The molecule has 0 atom stereocenters. The van der Waals surface area contributed by atoms with Crippen LogP contribution in [0.25, 0.3) is 0 Å². The molecule has 0 saturated heterocycles. The summed E-state index contributed by atoms with van der Waals surface area (Å²) in [5.41, 5.74) is 0. The Morgan fingerprint density at radius 3 is 1.36 bits per heavy atom. The summed E-state index contributed by atoms with van der Waals surface area (Å²) in [6.07, 6.45) is 18.6. The summed E-state index contributed by atoms with van der Waals surface area (Å²) in [5.74, 6) is 0. The second kappa shape index (κ2) is 3.28. The molecule has 14 heavy (non-hydrogen) atoms. The zero-order chi connectivity index (χ0) is 10.3. The first-order valence-electron chi connectivity index (χ1n) is 5.41. The van der Waals surface area contributed by atoms with Gasteiger partial charge in [0.2, 0.25) is 0 Å². The monoisotopic (exact) mass is 281 g/mol. The van der Waals surface area contributed by atoms with Gasteiger partial charge in [-0.25, -0.2) is 0 Å². The Kier molecular flexibility index (Phi) is 2.48. The molecule has 0 amide bonds. The predicted octanol–water partition coefficient (Wildman–Crippen LogP) is 2.88. The van der Waals surface area contributed by atoms with E-state index in [9.17, 15) is 0 Å². The van der Waals surface area contributed by atoms with Gasteiger partial charge in [-0.3, -0.25) is 0 Å². The van der Waals surface area contributed by atoms with Gasteiger partial charge in [-0.2, -0.15) is 0 Å². The maximum absolute atomic E-state index is 2.63. The van der Waals surface area contributed by atoms with Crippen LogP contribution >= 0.6 is 0 Å². The first-order chi connectivity index (χ1) is 6.49. The summed E-state index contributed by atoms with van der Waals surface area (Å²) >= 11 is -2.45. The zero-order valence-corrected chi connectivity index (χ0v) is 13.7. The van der Waals surface area contributed by atoms with Gasteiger partial charge in [0.15, 0.2) is 0 Å². The third-order valence-corrected chi connectivity index (χ3v) is 25.4. The van der Waals surface area contributed by atoms with E-state index in [0.29, 0.717) is 0 Å². The Hall–Kier alpha value is 0.0600. The van der Waals surface area contributed by atoms with Gasteiger partial charge < -0.3 is 0 Å². The summed E-state index contributed by atoms with van der Waals surface area (Å²) < 4.78 is 6.87. The summed E-state index contributed by atoms with van der Waals surface area (Å²) in [5, 5.41) is 0. The Bertz CT molecular complexity index is 296. The third kappa shape index (κ3) is 1.63. The van der Waals surface area contributed by atoms with Crippen LogP contribution in [-0.4, -0.2) is 7.37 Å². The number of hydrogen-bond acceptors (Lipinski definition) is 0. The number of hydrogen-bond donors (Lipinski definition) is 0. The molecule has 0 aromatic heterocycles. The molecule has 0 heterocycles. The molecule has 2 rings (SSSR count). The predicted molar refractivity (Wildman–Crippen MR) is 65.7 cm³/mol. The van der Waals surface area contributed by atoms with Crippen molar-refractivity contribution >= 4 is 7.37 Å². The number of rotatable bonds is 2. The fraction of sp³-hybridized carbons (Fsp3) is 0.333. The SMILES string of the molecule is [CH3][Zr]([CH3])([SiH3])([CH]1C=CC=C1)[CH]1C=CC=C1. The van der Waals surface area contributed by atoms with Gasteiger partial charge in [0.05, 0.1) is 0 Å². The van der Waals surface area contributed by atoms with Crippen molar-refractivity contribution in [3.05, 3.63) is 48.6 Å². The molecule has 0 fully saturated rings. The van der Waals surface area contributed by atoms with Crippen molar-refractivity contribution in [1.82, 2.24) is 0 Å². The second-order valence-corrected chi connectivity index (χ2v) is 44.6. The molecule has 0 spiro atoms. The Morgan fingerprint density at radius 1 is 0.786 bits per heavy atom. The molecular formula is C12H19SiZr. The molecule has 75 valence electrons. The molecule has 0 aromatic rings. The molecular weight excluding hydrogens is 263 g/mol. The molecule has 0 aromatic carbocycles. The molecule has 2 aliphatic carbocycles. The molecule has 0 nitrogen and oxygen atoms in total. The number of allylic oxidation sites excluding steroid dienone is 8. The van der Waals surface area contributed by atoms with E-state index in [2.05, 4.69) is 57.9 Å². The van der Waals surface area contributed by atoms with Crippen LogP contribution in [0.2, 0.25) is 16.5 Å². The van der Waals surface area contributed by atoms with Gasteiger partial charge in [-0.15, -0.1) is 0 Å². The van der Waals surface area contributed by atoms with Gasteiger partial charge in [-0.1, -0.05) is 0 Å². The average Bonchev–Trinajstić information content (AvgIpc) is 2.78. The van der Waals surface area contributed by atoms with Crippen molar-refractivity contribution in [2.75, 3.05) is 0 Å². The van der Waals surface area contributed by atoms with Crippen LogP contribution in [-0.2, 0) is 17.9 Å². The van der Waals surface area contributed by atoms with E-state index in [1.165, 1.54) is 7.37 Å². The van der Waals surface area contributed by atoms with Gasteiger partial charge in [0.25, 0.3) is 0 Å². The average molecular weight is 283 g/mol. The van der Waals surface area contributed by atoms with Crippen molar-refractivity contribution < 1.29 is 17.9 Å². The molecule has 0 bridgehead atoms.